The maximum Gasteiger partial charge on any atom is 0.0580 e. The minimum Gasteiger partial charge on any atom is -0.396 e. The molecule has 3 heteroatoms. The summed E-state index contributed by atoms with van der Waals surface area (Å²) in [4.78, 5) is 5.79. The van der Waals surface area contributed by atoms with Gasteiger partial charge in [0.25, 0.3) is 0 Å². The fourth-order valence-corrected chi connectivity index (χ4v) is 2.84. The third kappa shape index (κ3) is 2.15. The molecule has 1 aliphatic heterocycles. The lowest BCUT2D eigenvalue weighted by atomic mass is 10.00. The number of hydrogen-bond donors (Lipinski definition) is 2. The van der Waals surface area contributed by atoms with Gasteiger partial charge in [0.2, 0.25) is 0 Å². The van der Waals surface area contributed by atoms with Gasteiger partial charge < -0.3 is 15.0 Å². The highest BCUT2D eigenvalue weighted by molar-refractivity contribution is 5.85. The van der Waals surface area contributed by atoms with Crippen molar-refractivity contribution < 1.29 is 5.11 Å². The van der Waals surface area contributed by atoms with Crippen LogP contribution in [0.25, 0.3) is 10.9 Å². The summed E-state index contributed by atoms with van der Waals surface area (Å²) in [6.45, 7) is 8.22. The Morgan fingerprint density at radius 2 is 2.21 bits per heavy atom. The molecule has 3 nitrogen and oxygen atoms in total. The van der Waals surface area contributed by atoms with Crippen molar-refractivity contribution in [2.45, 2.75) is 19.9 Å². The van der Waals surface area contributed by atoms with Gasteiger partial charge in [0.05, 0.1) is 6.54 Å². The zero-order valence-corrected chi connectivity index (χ0v) is 11.3. The van der Waals surface area contributed by atoms with E-state index >= 15 is 0 Å². The van der Waals surface area contributed by atoms with E-state index in [0.717, 1.165) is 25.2 Å². The fraction of sp³-hybridized carbons (Fsp3) is 0.375. The number of aliphatic hydroxyl groups excluding tert-OH is 1. The van der Waals surface area contributed by atoms with Crippen LogP contribution >= 0.6 is 0 Å². The second kappa shape index (κ2) is 4.74. The normalized spacial score (nSPS) is 16.7. The second-order valence-corrected chi connectivity index (χ2v) is 5.54. The number of aromatic nitrogens is 1. The van der Waals surface area contributed by atoms with Crippen molar-refractivity contribution in [3.63, 3.8) is 0 Å². The molecule has 0 spiro atoms. The van der Waals surface area contributed by atoms with Gasteiger partial charge in [-0.2, -0.15) is 0 Å². The maximum atomic E-state index is 9.20. The number of para-hydroxylation sites is 1. The quantitative estimate of drug-likeness (QED) is 0.886. The molecule has 3 rings (SSSR count). The molecule has 0 aliphatic carbocycles. The van der Waals surface area contributed by atoms with E-state index in [2.05, 4.69) is 47.7 Å². The topological polar surface area (TPSA) is 39.3 Å². The highest BCUT2D eigenvalue weighted by Crippen LogP contribution is 2.31. The van der Waals surface area contributed by atoms with Crippen molar-refractivity contribution in [3.05, 3.63) is 47.8 Å². The predicted octanol–water partition coefficient (Wildman–Crippen LogP) is 2.67. The zero-order chi connectivity index (χ0) is 13.4. The summed E-state index contributed by atoms with van der Waals surface area (Å²) in [5, 5.41) is 10.5. The molecule has 1 aliphatic rings. The molecule has 0 bridgehead atoms. The number of nitrogens with one attached hydrogen (secondary N) is 1. The second-order valence-electron chi connectivity index (χ2n) is 5.54. The van der Waals surface area contributed by atoms with Crippen molar-refractivity contribution >= 4 is 10.9 Å². The van der Waals surface area contributed by atoms with Crippen LogP contribution in [0.15, 0.2) is 36.5 Å². The molecule has 0 unspecified atom stereocenters. The molecule has 2 heterocycles. The monoisotopic (exact) mass is 256 g/mol. The van der Waals surface area contributed by atoms with Crippen molar-refractivity contribution in [2.24, 2.45) is 5.92 Å². The molecule has 1 aromatic carbocycles. The minimum absolute atomic E-state index is 0.226. The zero-order valence-electron chi connectivity index (χ0n) is 11.3. The van der Waals surface area contributed by atoms with Crippen molar-refractivity contribution in [2.75, 3.05) is 13.2 Å². The molecular weight excluding hydrogens is 236 g/mol. The van der Waals surface area contributed by atoms with Gasteiger partial charge in [-0.15, -0.1) is 0 Å². The Labute approximate surface area is 113 Å². The van der Waals surface area contributed by atoms with Gasteiger partial charge in [0, 0.05) is 41.9 Å². The number of nitrogens with zero attached hydrogens (tertiary/aromatic N) is 1. The van der Waals surface area contributed by atoms with Gasteiger partial charge in [0.1, 0.15) is 0 Å². The Morgan fingerprint density at radius 1 is 1.42 bits per heavy atom. The number of H-pyrrole nitrogens is 1. The van der Waals surface area contributed by atoms with Crippen molar-refractivity contribution in [1.29, 1.82) is 0 Å². The Balaban J connectivity index is 1.93. The average Bonchev–Trinajstić information content (AvgIpc) is 2.77. The van der Waals surface area contributed by atoms with Crippen LogP contribution in [0.3, 0.4) is 0 Å². The van der Waals surface area contributed by atoms with Gasteiger partial charge in [-0.05, 0) is 17.5 Å². The number of benzene rings is 1. The first-order valence-corrected chi connectivity index (χ1v) is 6.81. The van der Waals surface area contributed by atoms with E-state index in [0.29, 0.717) is 0 Å². The number of hydrogen-bond acceptors (Lipinski definition) is 2. The van der Waals surface area contributed by atoms with E-state index in [1.807, 2.05) is 0 Å². The van der Waals surface area contributed by atoms with E-state index in [9.17, 15) is 5.11 Å². The largest absolute Gasteiger partial charge is 0.396 e. The molecule has 100 valence electrons. The Hall–Kier alpha value is -1.74. The van der Waals surface area contributed by atoms with Crippen LogP contribution in [0.2, 0.25) is 0 Å². The minimum atomic E-state index is 0.226. The Kier molecular flexibility index (Phi) is 3.07. The van der Waals surface area contributed by atoms with Gasteiger partial charge in [-0.25, -0.2) is 0 Å². The molecule has 0 amide bonds. The number of allylic oxidation sites excluding steroid dienone is 1. The summed E-state index contributed by atoms with van der Waals surface area (Å²) < 4.78 is 0. The third-order valence-electron chi connectivity index (χ3n) is 3.92. The fourth-order valence-electron chi connectivity index (χ4n) is 2.84. The van der Waals surface area contributed by atoms with Gasteiger partial charge in [0.15, 0.2) is 0 Å². The number of aromatic amines is 1. The summed E-state index contributed by atoms with van der Waals surface area (Å²) in [6, 6.07) is 8.44. The van der Waals surface area contributed by atoms with Crippen LogP contribution in [0.4, 0.5) is 0 Å². The Bertz CT molecular complexity index is 614. The van der Waals surface area contributed by atoms with Crippen LogP contribution < -0.4 is 0 Å². The van der Waals surface area contributed by atoms with Crippen LogP contribution in [-0.2, 0) is 13.0 Å². The molecule has 0 radical (unpaired) electrons. The summed E-state index contributed by atoms with van der Waals surface area (Å²) in [7, 11) is 0. The van der Waals surface area contributed by atoms with Crippen LogP contribution in [-0.4, -0.2) is 28.1 Å². The molecule has 1 atom stereocenters. The van der Waals surface area contributed by atoms with Crippen LogP contribution in [0, 0.1) is 5.92 Å². The van der Waals surface area contributed by atoms with Crippen LogP contribution in [0.5, 0.6) is 0 Å². The average molecular weight is 256 g/mol. The van der Waals surface area contributed by atoms with E-state index in [-0.39, 0.29) is 12.5 Å². The highest BCUT2D eigenvalue weighted by atomic mass is 16.3. The van der Waals surface area contributed by atoms with E-state index in [1.165, 1.54) is 22.2 Å². The molecule has 0 saturated heterocycles. The highest BCUT2D eigenvalue weighted by Gasteiger charge is 2.23. The first kappa shape index (κ1) is 12.3. The van der Waals surface area contributed by atoms with Gasteiger partial charge in [-0.1, -0.05) is 31.7 Å². The van der Waals surface area contributed by atoms with E-state index in [1.54, 1.807) is 0 Å². The summed E-state index contributed by atoms with van der Waals surface area (Å²) in [5.41, 5.74) is 5.03. The molecule has 2 aromatic rings. The van der Waals surface area contributed by atoms with Crippen LogP contribution in [0.1, 0.15) is 18.2 Å². The number of aliphatic hydroxyl groups is 1. The summed E-state index contributed by atoms with van der Waals surface area (Å²) in [6.07, 6.45) is 0.900. The molecular formula is C16H20N2O. The lowest BCUT2D eigenvalue weighted by molar-refractivity contribution is 0.186. The SMILES string of the molecule is C=C1Cc2c([nH]c3ccccc23)CN1C[C@@H](C)CO. The predicted molar refractivity (Wildman–Crippen MR) is 77.8 cm³/mol. The molecule has 19 heavy (non-hydrogen) atoms. The van der Waals surface area contributed by atoms with Gasteiger partial charge in [-0.3, -0.25) is 0 Å². The molecule has 1 aromatic heterocycles. The summed E-state index contributed by atoms with van der Waals surface area (Å²) >= 11 is 0. The van der Waals surface area contributed by atoms with Gasteiger partial charge >= 0.3 is 0 Å². The lowest BCUT2D eigenvalue weighted by Crippen LogP contribution is -2.32. The van der Waals surface area contributed by atoms with Crippen molar-refractivity contribution in [3.8, 4) is 0 Å². The first-order chi connectivity index (χ1) is 9.19. The number of rotatable bonds is 3. The lowest BCUT2D eigenvalue weighted by Gasteiger charge is -2.32. The first-order valence-electron chi connectivity index (χ1n) is 6.81. The number of fused-ring (bicyclic) bond motifs is 3. The maximum absolute atomic E-state index is 9.20. The van der Waals surface area contributed by atoms with E-state index < -0.39 is 0 Å². The van der Waals surface area contributed by atoms with Crippen molar-refractivity contribution in [1.82, 2.24) is 9.88 Å². The molecule has 0 saturated carbocycles. The standard InChI is InChI=1S/C16H20N2O/c1-11(10-19)8-18-9-16-14(7-12(18)2)13-5-3-4-6-15(13)17-16/h3-6,11,17,19H,2,7-10H2,1H3/t11-/m1/s1. The van der Waals surface area contributed by atoms with E-state index in [4.69, 9.17) is 0 Å². The third-order valence-corrected chi connectivity index (χ3v) is 3.92. The Morgan fingerprint density at radius 3 is 3.00 bits per heavy atom. The summed E-state index contributed by atoms with van der Waals surface area (Å²) in [5.74, 6) is 0.280. The molecule has 2 N–H and O–H groups in total. The smallest absolute Gasteiger partial charge is 0.0580 e. The molecule has 0 fully saturated rings.